The lowest BCUT2D eigenvalue weighted by atomic mass is 10.2. The number of hydrogen-bond donors (Lipinski definition) is 1. The summed E-state index contributed by atoms with van der Waals surface area (Å²) in [5.74, 6) is -0.323. The summed E-state index contributed by atoms with van der Waals surface area (Å²) in [6, 6.07) is 17.8. The first kappa shape index (κ1) is 23.6. The van der Waals surface area contributed by atoms with Gasteiger partial charge in [-0.2, -0.15) is 0 Å². The van der Waals surface area contributed by atoms with E-state index in [1.165, 1.54) is 35.7 Å². The second-order valence-corrected chi connectivity index (χ2v) is 11.2. The number of non-ortho nitro benzene ring substituents is 1. The minimum Gasteiger partial charge on any atom is -0.300 e. The molecule has 0 radical (unpaired) electrons. The second kappa shape index (κ2) is 9.82. The molecule has 2 heterocycles. The highest BCUT2D eigenvalue weighted by atomic mass is 35.5. The van der Waals surface area contributed by atoms with Gasteiger partial charge in [-0.15, -0.1) is 11.3 Å². The number of hydrogen-bond acceptors (Lipinski definition) is 8. The number of carbonyl (C=O) groups is 1. The molecule has 4 aromatic rings. The highest BCUT2D eigenvalue weighted by Crippen LogP contribution is 2.39. The highest BCUT2D eigenvalue weighted by molar-refractivity contribution is 8.18. The largest absolute Gasteiger partial charge is 0.300 e. The predicted molar refractivity (Wildman–Crippen MR) is 144 cm³/mol. The molecule has 1 aromatic heterocycles. The number of aryl methyl sites for hydroxylation is 1. The van der Waals surface area contributed by atoms with Crippen LogP contribution in [-0.4, -0.2) is 21.0 Å². The van der Waals surface area contributed by atoms with Crippen molar-refractivity contribution in [2.24, 2.45) is 4.99 Å². The third-order valence-electron chi connectivity index (χ3n) is 5.01. The van der Waals surface area contributed by atoms with Gasteiger partial charge in [0.15, 0.2) is 9.51 Å². The standard InChI is InChI=1S/C24H15ClN4O3S3/c1-13-6-7-15(25)12-18(13)26-23-28-22(30)21(33-23)11-14-10-16(29(31)32)8-9-19(14)34-24-27-17-4-2-3-5-20(17)35-24/h2-12H,1H3,(H,26,28,30). The van der Waals surface area contributed by atoms with E-state index in [2.05, 4.69) is 15.3 Å². The van der Waals surface area contributed by atoms with Gasteiger partial charge in [-0.1, -0.05) is 41.6 Å². The Bertz CT molecular complexity index is 1530. The number of thiazole rings is 1. The zero-order chi connectivity index (χ0) is 24.5. The van der Waals surface area contributed by atoms with Crippen LogP contribution in [0.1, 0.15) is 11.1 Å². The highest BCUT2D eigenvalue weighted by Gasteiger charge is 2.25. The van der Waals surface area contributed by atoms with Crippen LogP contribution < -0.4 is 5.32 Å². The fraction of sp³-hybridized carbons (Fsp3) is 0.0417. The van der Waals surface area contributed by atoms with Crippen molar-refractivity contribution in [3.05, 3.63) is 91.8 Å². The van der Waals surface area contributed by atoms with Crippen LogP contribution in [0.4, 0.5) is 11.4 Å². The lowest BCUT2D eigenvalue weighted by Gasteiger charge is -2.04. The number of para-hydroxylation sites is 1. The average Bonchev–Trinajstić information content (AvgIpc) is 3.39. The van der Waals surface area contributed by atoms with Crippen LogP contribution in [0.25, 0.3) is 16.3 Å². The monoisotopic (exact) mass is 538 g/mol. The Kier molecular flexibility index (Phi) is 6.61. The summed E-state index contributed by atoms with van der Waals surface area (Å²) in [6.07, 6.45) is 1.65. The molecule has 0 spiro atoms. The van der Waals surface area contributed by atoms with E-state index in [4.69, 9.17) is 11.6 Å². The van der Waals surface area contributed by atoms with Crippen molar-refractivity contribution in [2.45, 2.75) is 16.2 Å². The fourth-order valence-corrected chi connectivity index (χ4v) is 6.38. The molecule has 174 valence electrons. The third kappa shape index (κ3) is 5.25. The lowest BCUT2D eigenvalue weighted by molar-refractivity contribution is -0.384. The number of nitro groups is 1. The minimum atomic E-state index is -0.454. The van der Waals surface area contributed by atoms with Crippen LogP contribution in [-0.2, 0) is 4.79 Å². The molecule has 1 aliphatic rings. The molecule has 0 aliphatic carbocycles. The topological polar surface area (TPSA) is 97.5 Å². The molecule has 1 N–H and O–H groups in total. The summed E-state index contributed by atoms with van der Waals surface area (Å²) in [5.41, 5.74) is 2.97. The van der Waals surface area contributed by atoms with Gasteiger partial charge in [0.1, 0.15) is 0 Å². The Hall–Kier alpha value is -3.18. The van der Waals surface area contributed by atoms with Crippen LogP contribution >= 0.6 is 46.5 Å². The summed E-state index contributed by atoms with van der Waals surface area (Å²) in [7, 11) is 0. The van der Waals surface area contributed by atoms with Gasteiger partial charge in [-0.3, -0.25) is 14.9 Å². The molecule has 35 heavy (non-hydrogen) atoms. The predicted octanol–water partition coefficient (Wildman–Crippen LogP) is 7.21. The summed E-state index contributed by atoms with van der Waals surface area (Å²) in [5, 5.41) is 15.1. The first-order valence-electron chi connectivity index (χ1n) is 10.2. The molecule has 1 fully saturated rings. The number of benzene rings is 3. The number of aromatic nitrogens is 1. The van der Waals surface area contributed by atoms with Crippen molar-refractivity contribution in [3.8, 4) is 0 Å². The first-order chi connectivity index (χ1) is 16.9. The van der Waals surface area contributed by atoms with Gasteiger partial charge in [-0.05, 0) is 66.2 Å². The van der Waals surface area contributed by atoms with E-state index < -0.39 is 4.92 Å². The van der Waals surface area contributed by atoms with Crippen LogP contribution in [0.15, 0.2) is 79.8 Å². The van der Waals surface area contributed by atoms with Crippen molar-refractivity contribution >= 4 is 85.2 Å². The van der Waals surface area contributed by atoms with Crippen molar-refractivity contribution in [1.82, 2.24) is 10.3 Å². The Labute approximate surface area is 217 Å². The normalized spacial score (nSPS) is 15.8. The maximum atomic E-state index is 12.7. The summed E-state index contributed by atoms with van der Waals surface area (Å²) < 4.78 is 1.86. The van der Waals surface area contributed by atoms with Crippen LogP contribution in [0.3, 0.4) is 0 Å². The Balaban J connectivity index is 1.49. The minimum absolute atomic E-state index is 0.0580. The Morgan fingerprint density at radius 2 is 2.00 bits per heavy atom. The fourth-order valence-electron chi connectivity index (χ4n) is 3.28. The van der Waals surface area contributed by atoms with Gasteiger partial charge < -0.3 is 5.32 Å². The molecule has 11 heteroatoms. The molecule has 0 atom stereocenters. The molecule has 7 nitrogen and oxygen atoms in total. The molecular formula is C24H15ClN4O3S3. The van der Waals surface area contributed by atoms with Crippen molar-refractivity contribution in [3.63, 3.8) is 0 Å². The number of amidine groups is 1. The molecular weight excluding hydrogens is 524 g/mol. The molecule has 5 rings (SSSR count). The van der Waals surface area contributed by atoms with Gasteiger partial charge in [-0.25, -0.2) is 9.98 Å². The number of halogens is 1. The summed E-state index contributed by atoms with van der Waals surface area (Å²) >= 11 is 10.2. The average molecular weight is 539 g/mol. The summed E-state index contributed by atoms with van der Waals surface area (Å²) in [4.78, 5) is 33.9. The zero-order valence-electron chi connectivity index (χ0n) is 18.0. The maximum Gasteiger partial charge on any atom is 0.270 e. The maximum absolute atomic E-state index is 12.7. The Morgan fingerprint density at radius 1 is 1.17 bits per heavy atom. The van der Waals surface area contributed by atoms with Gasteiger partial charge in [0.2, 0.25) is 0 Å². The molecule has 1 aliphatic heterocycles. The van der Waals surface area contributed by atoms with Crippen LogP contribution in [0.2, 0.25) is 5.02 Å². The number of nitrogens with zero attached hydrogens (tertiary/aromatic N) is 3. The molecule has 0 unspecified atom stereocenters. The van der Waals surface area contributed by atoms with Crippen molar-refractivity contribution < 1.29 is 9.72 Å². The molecule has 0 bridgehead atoms. The zero-order valence-corrected chi connectivity index (χ0v) is 21.2. The Morgan fingerprint density at radius 3 is 2.80 bits per heavy atom. The smallest absolute Gasteiger partial charge is 0.270 e. The number of amides is 1. The number of thioether (sulfide) groups is 1. The van der Waals surface area contributed by atoms with E-state index in [-0.39, 0.29) is 11.6 Å². The number of nitro benzene ring substituents is 1. The van der Waals surface area contributed by atoms with Crippen molar-refractivity contribution in [2.75, 3.05) is 0 Å². The molecule has 1 amide bonds. The second-order valence-electron chi connectivity index (χ2n) is 7.44. The van der Waals surface area contributed by atoms with E-state index in [0.29, 0.717) is 26.3 Å². The van der Waals surface area contributed by atoms with E-state index in [1.807, 2.05) is 37.3 Å². The van der Waals surface area contributed by atoms with E-state index in [1.54, 1.807) is 35.6 Å². The number of fused-ring (bicyclic) bond motifs is 1. The van der Waals surface area contributed by atoms with Gasteiger partial charge >= 0.3 is 0 Å². The quantitative estimate of drug-likeness (QED) is 0.164. The lowest BCUT2D eigenvalue weighted by Crippen LogP contribution is -2.19. The van der Waals surface area contributed by atoms with Crippen LogP contribution in [0, 0.1) is 17.0 Å². The number of aliphatic imine (C=N–C) groups is 1. The van der Waals surface area contributed by atoms with Crippen molar-refractivity contribution in [1.29, 1.82) is 0 Å². The van der Waals surface area contributed by atoms with E-state index in [9.17, 15) is 14.9 Å². The van der Waals surface area contributed by atoms with Gasteiger partial charge in [0.05, 0.1) is 25.7 Å². The van der Waals surface area contributed by atoms with Gasteiger partial charge in [0.25, 0.3) is 11.6 Å². The van der Waals surface area contributed by atoms with E-state index >= 15 is 0 Å². The van der Waals surface area contributed by atoms with E-state index in [0.717, 1.165) is 25.0 Å². The van der Waals surface area contributed by atoms with Crippen LogP contribution in [0.5, 0.6) is 0 Å². The number of carbonyl (C=O) groups excluding carboxylic acids is 1. The first-order valence-corrected chi connectivity index (χ1v) is 13.1. The van der Waals surface area contributed by atoms with Gasteiger partial charge in [0, 0.05) is 22.1 Å². The number of rotatable bonds is 5. The molecule has 3 aromatic carbocycles. The molecule has 1 saturated heterocycles. The third-order valence-corrected chi connectivity index (χ3v) is 8.34. The summed E-state index contributed by atoms with van der Waals surface area (Å²) in [6.45, 7) is 1.91. The number of nitrogens with one attached hydrogen (secondary N) is 1. The SMILES string of the molecule is Cc1ccc(Cl)cc1N=C1NC(=O)C(=Cc2cc([N+](=O)[O-])ccc2Sc2nc3ccccc3s2)S1. The molecule has 0 saturated carbocycles.